The fourth-order valence-corrected chi connectivity index (χ4v) is 2.62. The van der Waals surface area contributed by atoms with Crippen molar-refractivity contribution in [1.29, 1.82) is 0 Å². The number of nitrogens with one attached hydrogen (secondary N) is 2. The highest BCUT2D eigenvalue weighted by Gasteiger charge is 2.14. The van der Waals surface area contributed by atoms with Gasteiger partial charge in [-0.1, -0.05) is 24.3 Å². The Kier molecular flexibility index (Phi) is 5.11. The maximum Gasteiger partial charge on any atom is 0.319 e. The van der Waals surface area contributed by atoms with Crippen LogP contribution in [0.15, 0.2) is 60.9 Å². The number of nitrogens with zero attached hydrogens (tertiary/aromatic N) is 1. The predicted octanol–water partition coefficient (Wildman–Crippen LogP) is 3.10. The van der Waals surface area contributed by atoms with Crippen molar-refractivity contribution in [1.82, 2.24) is 10.3 Å². The smallest absolute Gasteiger partial charge is 0.319 e. The maximum atomic E-state index is 12.3. The number of anilines is 1. The summed E-state index contributed by atoms with van der Waals surface area (Å²) in [5.41, 5.74) is 1.48. The Hall–Kier alpha value is -3.12. The number of pyridine rings is 1. The molecule has 0 saturated carbocycles. The first-order valence-corrected chi connectivity index (χ1v) is 7.86. The van der Waals surface area contributed by atoms with Gasteiger partial charge in [0.1, 0.15) is 5.75 Å². The minimum atomic E-state index is -0.512. The van der Waals surface area contributed by atoms with E-state index >= 15 is 0 Å². The van der Waals surface area contributed by atoms with E-state index in [1.165, 1.54) is 0 Å². The summed E-state index contributed by atoms with van der Waals surface area (Å²) in [6, 6.07) is 13.7. The summed E-state index contributed by atoms with van der Waals surface area (Å²) in [5.74, 6) is 0.717. The zero-order valence-electron chi connectivity index (χ0n) is 13.8. The van der Waals surface area contributed by atoms with Gasteiger partial charge in [0.15, 0.2) is 0 Å². The van der Waals surface area contributed by atoms with Crippen molar-refractivity contribution in [2.24, 2.45) is 0 Å². The van der Waals surface area contributed by atoms with E-state index in [-0.39, 0.29) is 12.6 Å². The highest BCUT2D eigenvalue weighted by Crippen LogP contribution is 2.22. The van der Waals surface area contributed by atoms with Gasteiger partial charge in [0.05, 0.1) is 25.4 Å². The van der Waals surface area contributed by atoms with Crippen LogP contribution in [0.25, 0.3) is 10.8 Å². The molecular weight excluding hydrogens is 318 g/mol. The van der Waals surface area contributed by atoms with Crippen molar-refractivity contribution >= 4 is 22.5 Å². The molecule has 3 rings (SSSR count). The molecule has 1 unspecified atom stereocenters. The minimum absolute atomic E-state index is 0.209. The van der Waals surface area contributed by atoms with Gasteiger partial charge in [0.25, 0.3) is 0 Å². The summed E-state index contributed by atoms with van der Waals surface area (Å²) >= 11 is 0. The number of ether oxygens (including phenoxy) is 1. The molecule has 6 nitrogen and oxygen atoms in total. The molecule has 2 amide bonds. The lowest BCUT2D eigenvalue weighted by Crippen LogP contribution is -2.34. The van der Waals surface area contributed by atoms with Crippen LogP contribution in [0.2, 0.25) is 0 Å². The van der Waals surface area contributed by atoms with Crippen molar-refractivity contribution in [2.75, 3.05) is 19.0 Å². The normalized spacial score (nSPS) is 11.8. The summed E-state index contributed by atoms with van der Waals surface area (Å²) in [6.45, 7) is -0.209. The molecule has 128 valence electrons. The summed E-state index contributed by atoms with van der Waals surface area (Å²) < 4.78 is 5.12. The van der Waals surface area contributed by atoms with Crippen molar-refractivity contribution in [3.8, 4) is 5.75 Å². The topological polar surface area (TPSA) is 83.5 Å². The molecule has 0 aliphatic carbocycles. The van der Waals surface area contributed by atoms with Crippen molar-refractivity contribution in [2.45, 2.75) is 6.04 Å². The fourth-order valence-electron chi connectivity index (χ4n) is 2.62. The van der Waals surface area contributed by atoms with Gasteiger partial charge in [-0.25, -0.2) is 4.79 Å². The average Bonchev–Trinajstić information content (AvgIpc) is 2.66. The highest BCUT2D eigenvalue weighted by atomic mass is 16.5. The SMILES string of the molecule is COc1ccc(C(CO)NC(=O)Nc2cccc3cnccc23)cc1. The number of carbonyl (C=O) groups excluding carboxylic acids is 1. The average molecular weight is 337 g/mol. The Morgan fingerprint density at radius 3 is 2.72 bits per heavy atom. The molecule has 0 spiro atoms. The van der Waals surface area contributed by atoms with Crippen molar-refractivity contribution in [3.63, 3.8) is 0 Å². The van der Waals surface area contributed by atoms with Crippen molar-refractivity contribution < 1.29 is 14.6 Å². The Labute approximate surface area is 145 Å². The van der Waals surface area contributed by atoms with Gasteiger partial charge in [-0.15, -0.1) is 0 Å². The molecule has 0 radical (unpaired) electrons. The van der Waals surface area contributed by atoms with Gasteiger partial charge in [-0.05, 0) is 29.8 Å². The van der Waals surface area contributed by atoms with E-state index in [9.17, 15) is 9.90 Å². The molecule has 1 heterocycles. The van der Waals surface area contributed by atoms with Crippen LogP contribution in [0.1, 0.15) is 11.6 Å². The van der Waals surface area contributed by atoms with E-state index in [4.69, 9.17) is 4.74 Å². The van der Waals surface area contributed by atoms with E-state index in [0.717, 1.165) is 16.3 Å². The zero-order chi connectivity index (χ0) is 17.6. The minimum Gasteiger partial charge on any atom is -0.497 e. The Morgan fingerprint density at radius 1 is 1.20 bits per heavy atom. The van der Waals surface area contributed by atoms with E-state index in [2.05, 4.69) is 15.6 Å². The molecule has 1 aromatic heterocycles. The molecule has 25 heavy (non-hydrogen) atoms. The number of benzene rings is 2. The lowest BCUT2D eigenvalue weighted by molar-refractivity contribution is 0.225. The van der Waals surface area contributed by atoms with Crippen LogP contribution in [-0.2, 0) is 0 Å². The Morgan fingerprint density at radius 2 is 2.00 bits per heavy atom. The lowest BCUT2D eigenvalue weighted by atomic mass is 10.1. The van der Waals surface area contributed by atoms with E-state index in [1.54, 1.807) is 31.6 Å². The Balaban J connectivity index is 1.73. The van der Waals surface area contributed by atoms with Gasteiger partial charge in [0, 0.05) is 23.2 Å². The molecule has 0 aliphatic rings. The number of amides is 2. The number of urea groups is 1. The van der Waals surface area contributed by atoms with Crippen LogP contribution in [0, 0.1) is 0 Å². The number of rotatable bonds is 5. The molecule has 6 heteroatoms. The molecule has 0 saturated heterocycles. The summed E-state index contributed by atoms with van der Waals surface area (Å²) in [5, 5.41) is 17.1. The Bertz CT molecular complexity index is 860. The molecule has 0 bridgehead atoms. The fraction of sp³-hybridized carbons (Fsp3) is 0.158. The van der Waals surface area contributed by atoms with E-state index in [0.29, 0.717) is 11.4 Å². The highest BCUT2D eigenvalue weighted by molar-refractivity contribution is 6.01. The van der Waals surface area contributed by atoms with Crippen LogP contribution in [0.3, 0.4) is 0 Å². The molecule has 1 atom stereocenters. The first-order valence-electron chi connectivity index (χ1n) is 7.86. The summed E-state index contributed by atoms with van der Waals surface area (Å²) in [7, 11) is 1.59. The number of aliphatic hydroxyl groups is 1. The van der Waals surface area contributed by atoms with E-state index < -0.39 is 6.04 Å². The zero-order valence-corrected chi connectivity index (χ0v) is 13.8. The standard InChI is InChI=1S/C19H19N3O3/c1-25-15-7-5-13(6-8-15)18(12-23)22-19(24)21-17-4-2-3-14-11-20-10-9-16(14)17/h2-11,18,23H,12H2,1H3,(H2,21,22,24). The van der Waals surface area contributed by atoms with Crippen LogP contribution in [-0.4, -0.2) is 29.8 Å². The first-order chi connectivity index (χ1) is 12.2. The monoisotopic (exact) mass is 337 g/mol. The van der Waals surface area contributed by atoms with Crippen LogP contribution in [0.4, 0.5) is 10.5 Å². The number of methoxy groups -OCH3 is 1. The number of aromatic nitrogens is 1. The molecular formula is C19H19N3O3. The van der Waals surface area contributed by atoms with E-state index in [1.807, 2.05) is 36.4 Å². The second kappa shape index (κ2) is 7.63. The number of hydrogen-bond donors (Lipinski definition) is 3. The third-order valence-corrected chi connectivity index (χ3v) is 3.94. The number of fused-ring (bicyclic) bond motifs is 1. The van der Waals surface area contributed by atoms with Gasteiger partial charge >= 0.3 is 6.03 Å². The largest absolute Gasteiger partial charge is 0.497 e. The van der Waals surface area contributed by atoms with Gasteiger partial charge < -0.3 is 20.5 Å². The third-order valence-electron chi connectivity index (χ3n) is 3.94. The molecule has 2 aromatic carbocycles. The number of hydrogen-bond acceptors (Lipinski definition) is 4. The molecule has 0 aliphatic heterocycles. The molecule has 0 fully saturated rings. The number of aliphatic hydroxyl groups excluding tert-OH is 1. The third kappa shape index (κ3) is 3.87. The van der Waals surface area contributed by atoms with Gasteiger partial charge in [-0.3, -0.25) is 4.98 Å². The second-order valence-electron chi connectivity index (χ2n) is 5.51. The van der Waals surface area contributed by atoms with Gasteiger partial charge in [-0.2, -0.15) is 0 Å². The van der Waals surface area contributed by atoms with Gasteiger partial charge in [0.2, 0.25) is 0 Å². The van der Waals surface area contributed by atoms with Crippen LogP contribution < -0.4 is 15.4 Å². The summed E-state index contributed by atoms with van der Waals surface area (Å²) in [6.07, 6.45) is 3.42. The number of carbonyl (C=O) groups is 1. The quantitative estimate of drug-likeness (QED) is 0.668. The van der Waals surface area contributed by atoms with Crippen LogP contribution >= 0.6 is 0 Å². The van der Waals surface area contributed by atoms with Crippen LogP contribution in [0.5, 0.6) is 5.75 Å². The summed E-state index contributed by atoms with van der Waals surface area (Å²) in [4.78, 5) is 16.4. The maximum absolute atomic E-state index is 12.3. The van der Waals surface area contributed by atoms with Crippen molar-refractivity contribution in [3.05, 3.63) is 66.5 Å². The molecule has 3 N–H and O–H groups in total. The molecule has 3 aromatic rings. The second-order valence-corrected chi connectivity index (χ2v) is 5.51. The first kappa shape index (κ1) is 16.7. The lowest BCUT2D eigenvalue weighted by Gasteiger charge is -2.18. The predicted molar refractivity (Wildman–Crippen MR) is 96.7 cm³/mol.